The minimum absolute atomic E-state index is 0.0191. The molecule has 0 fully saturated rings. The third-order valence-corrected chi connectivity index (χ3v) is 4.48. The molecule has 0 aliphatic carbocycles. The fourth-order valence-corrected chi connectivity index (χ4v) is 3.37. The van der Waals surface area contributed by atoms with E-state index >= 15 is 0 Å². The molecule has 1 atom stereocenters. The molecule has 1 aromatic carbocycles. The van der Waals surface area contributed by atoms with Crippen LogP contribution in [-0.2, 0) is 15.3 Å². The van der Waals surface area contributed by atoms with Gasteiger partial charge in [-0.05, 0) is 24.7 Å². The predicted octanol–water partition coefficient (Wildman–Crippen LogP) is 1.66. The highest BCUT2D eigenvalue weighted by molar-refractivity contribution is 7.90. The number of sulfone groups is 1. The van der Waals surface area contributed by atoms with Crippen molar-refractivity contribution in [2.75, 3.05) is 25.7 Å². The lowest BCUT2D eigenvalue weighted by molar-refractivity contribution is 0.291. The van der Waals surface area contributed by atoms with Gasteiger partial charge in [0.15, 0.2) is 0 Å². The van der Waals surface area contributed by atoms with Crippen LogP contribution in [0.25, 0.3) is 0 Å². The predicted molar refractivity (Wildman–Crippen MR) is 76.5 cm³/mol. The van der Waals surface area contributed by atoms with Gasteiger partial charge in [0.05, 0.1) is 12.4 Å². The maximum absolute atomic E-state index is 11.5. The molecule has 1 N–H and O–H groups in total. The Balaban J connectivity index is 2.36. The molecule has 5 heteroatoms. The number of rotatable bonds is 4. The largest absolute Gasteiger partial charge is 0.492 e. The molecule has 1 aliphatic heterocycles. The normalized spacial score (nSPS) is 18.7. The zero-order valence-electron chi connectivity index (χ0n) is 11.9. The SMILES string of the molecule is CNC(CS(C)(=O)=O)c1ccc2c(c1)C(C)(C)CO2. The van der Waals surface area contributed by atoms with E-state index in [-0.39, 0.29) is 17.2 Å². The van der Waals surface area contributed by atoms with Gasteiger partial charge in [-0.15, -0.1) is 0 Å². The van der Waals surface area contributed by atoms with E-state index in [1.54, 1.807) is 7.05 Å². The number of nitrogens with one attached hydrogen (secondary N) is 1. The van der Waals surface area contributed by atoms with Crippen molar-refractivity contribution >= 4 is 9.84 Å². The van der Waals surface area contributed by atoms with Crippen molar-refractivity contribution in [1.82, 2.24) is 5.32 Å². The van der Waals surface area contributed by atoms with E-state index in [0.717, 1.165) is 16.9 Å². The molecule has 4 nitrogen and oxygen atoms in total. The molecule has 1 heterocycles. The van der Waals surface area contributed by atoms with Crippen molar-refractivity contribution in [3.05, 3.63) is 29.3 Å². The van der Waals surface area contributed by atoms with Crippen molar-refractivity contribution in [3.8, 4) is 5.75 Å². The molecule has 1 unspecified atom stereocenters. The third-order valence-electron chi connectivity index (χ3n) is 3.54. The Morgan fingerprint density at radius 1 is 1.42 bits per heavy atom. The fourth-order valence-electron chi connectivity index (χ4n) is 2.40. The van der Waals surface area contributed by atoms with Crippen molar-refractivity contribution in [1.29, 1.82) is 0 Å². The van der Waals surface area contributed by atoms with Crippen LogP contribution in [0.4, 0.5) is 0 Å². The second-order valence-electron chi connectivity index (χ2n) is 5.86. The van der Waals surface area contributed by atoms with Crippen LogP contribution < -0.4 is 10.1 Å². The molecule has 2 rings (SSSR count). The molecule has 0 bridgehead atoms. The first-order valence-electron chi connectivity index (χ1n) is 6.35. The highest BCUT2D eigenvalue weighted by Gasteiger charge is 2.32. The maximum atomic E-state index is 11.5. The van der Waals surface area contributed by atoms with Crippen LogP contribution in [0.15, 0.2) is 18.2 Å². The molecule has 0 saturated carbocycles. The molecule has 0 saturated heterocycles. The Labute approximate surface area is 115 Å². The van der Waals surface area contributed by atoms with E-state index < -0.39 is 9.84 Å². The van der Waals surface area contributed by atoms with Crippen LogP contribution in [-0.4, -0.2) is 34.1 Å². The van der Waals surface area contributed by atoms with Gasteiger partial charge in [0.2, 0.25) is 0 Å². The van der Waals surface area contributed by atoms with Crippen LogP contribution in [0, 0.1) is 0 Å². The zero-order chi connectivity index (χ0) is 14.3. The molecule has 0 radical (unpaired) electrons. The number of fused-ring (bicyclic) bond motifs is 1. The summed E-state index contributed by atoms with van der Waals surface area (Å²) in [7, 11) is -1.24. The molecule has 1 aliphatic rings. The summed E-state index contributed by atoms with van der Waals surface area (Å²) in [6.45, 7) is 4.93. The standard InChI is InChI=1S/C14H21NO3S/c1-14(2)9-18-13-6-5-10(7-11(13)14)12(15-3)8-19(4,16)17/h5-7,12,15H,8-9H2,1-4H3. The third kappa shape index (κ3) is 3.09. The summed E-state index contributed by atoms with van der Waals surface area (Å²) in [6, 6.07) is 5.75. The van der Waals surface area contributed by atoms with Crippen LogP contribution in [0.5, 0.6) is 5.75 Å². The summed E-state index contributed by atoms with van der Waals surface area (Å²) in [5.41, 5.74) is 2.12. The second kappa shape index (κ2) is 4.80. The van der Waals surface area contributed by atoms with Gasteiger partial charge in [0, 0.05) is 23.3 Å². The maximum Gasteiger partial charge on any atom is 0.149 e. The van der Waals surface area contributed by atoms with Crippen molar-refractivity contribution in [3.63, 3.8) is 0 Å². The number of ether oxygens (including phenoxy) is 1. The highest BCUT2D eigenvalue weighted by atomic mass is 32.2. The van der Waals surface area contributed by atoms with Gasteiger partial charge < -0.3 is 10.1 Å². The van der Waals surface area contributed by atoms with Crippen LogP contribution >= 0.6 is 0 Å². The molecule has 0 amide bonds. The molecular weight excluding hydrogens is 262 g/mol. The Morgan fingerprint density at radius 2 is 2.11 bits per heavy atom. The summed E-state index contributed by atoms with van der Waals surface area (Å²) in [4.78, 5) is 0. The second-order valence-corrected chi connectivity index (χ2v) is 8.05. The van der Waals surface area contributed by atoms with E-state index in [1.165, 1.54) is 6.26 Å². The van der Waals surface area contributed by atoms with Gasteiger partial charge in [-0.1, -0.05) is 19.9 Å². The fraction of sp³-hybridized carbons (Fsp3) is 0.571. The zero-order valence-corrected chi connectivity index (χ0v) is 12.7. The lowest BCUT2D eigenvalue weighted by Crippen LogP contribution is -2.25. The number of benzene rings is 1. The monoisotopic (exact) mass is 283 g/mol. The Kier molecular flexibility index (Phi) is 3.62. The summed E-state index contributed by atoms with van der Waals surface area (Å²) >= 11 is 0. The average Bonchev–Trinajstić information content (AvgIpc) is 2.61. The topological polar surface area (TPSA) is 55.4 Å². The van der Waals surface area contributed by atoms with Gasteiger partial charge in [-0.3, -0.25) is 0 Å². The van der Waals surface area contributed by atoms with Gasteiger partial charge in [0.1, 0.15) is 15.6 Å². The molecule has 19 heavy (non-hydrogen) atoms. The van der Waals surface area contributed by atoms with Crippen LogP contribution in [0.3, 0.4) is 0 Å². The van der Waals surface area contributed by atoms with E-state index in [9.17, 15) is 8.42 Å². The average molecular weight is 283 g/mol. The first-order valence-corrected chi connectivity index (χ1v) is 8.41. The highest BCUT2D eigenvalue weighted by Crippen LogP contribution is 2.39. The van der Waals surface area contributed by atoms with Gasteiger partial charge in [0.25, 0.3) is 0 Å². The molecule has 106 valence electrons. The van der Waals surface area contributed by atoms with Crippen molar-refractivity contribution in [2.24, 2.45) is 0 Å². The summed E-state index contributed by atoms with van der Waals surface area (Å²) in [5.74, 6) is 1.01. The Morgan fingerprint density at radius 3 is 2.68 bits per heavy atom. The molecule has 1 aromatic rings. The summed E-state index contributed by atoms with van der Waals surface area (Å²) in [5, 5.41) is 3.07. The quantitative estimate of drug-likeness (QED) is 0.913. The van der Waals surface area contributed by atoms with Gasteiger partial charge >= 0.3 is 0 Å². The number of hydrogen-bond acceptors (Lipinski definition) is 4. The lowest BCUT2D eigenvalue weighted by Gasteiger charge is -2.19. The number of hydrogen-bond donors (Lipinski definition) is 1. The van der Waals surface area contributed by atoms with Crippen LogP contribution in [0.1, 0.15) is 31.0 Å². The van der Waals surface area contributed by atoms with Gasteiger partial charge in [-0.25, -0.2) is 8.42 Å². The molecular formula is C14H21NO3S. The van der Waals surface area contributed by atoms with E-state index in [0.29, 0.717) is 6.61 Å². The Hall–Kier alpha value is -1.07. The summed E-state index contributed by atoms with van der Waals surface area (Å²) in [6.07, 6.45) is 1.26. The van der Waals surface area contributed by atoms with Crippen molar-refractivity contribution in [2.45, 2.75) is 25.3 Å². The van der Waals surface area contributed by atoms with Gasteiger partial charge in [-0.2, -0.15) is 0 Å². The van der Waals surface area contributed by atoms with E-state index in [1.807, 2.05) is 12.1 Å². The first-order chi connectivity index (χ1) is 8.73. The summed E-state index contributed by atoms with van der Waals surface area (Å²) < 4.78 is 28.6. The minimum atomic E-state index is -3.02. The lowest BCUT2D eigenvalue weighted by atomic mass is 9.85. The molecule has 0 aromatic heterocycles. The molecule has 0 spiro atoms. The van der Waals surface area contributed by atoms with E-state index in [2.05, 4.69) is 25.2 Å². The van der Waals surface area contributed by atoms with E-state index in [4.69, 9.17) is 4.74 Å². The first kappa shape index (κ1) is 14.3. The minimum Gasteiger partial charge on any atom is -0.492 e. The van der Waals surface area contributed by atoms with Crippen LogP contribution in [0.2, 0.25) is 0 Å². The smallest absolute Gasteiger partial charge is 0.149 e. The van der Waals surface area contributed by atoms with Crippen molar-refractivity contribution < 1.29 is 13.2 Å². The Bertz CT molecular complexity index is 578.